The van der Waals surface area contributed by atoms with Crippen LogP contribution in [-0.4, -0.2) is 19.5 Å². The van der Waals surface area contributed by atoms with E-state index >= 15 is 0 Å². The second kappa shape index (κ2) is 8.28. The highest BCUT2D eigenvalue weighted by Gasteiger charge is 2.23. The van der Waals surface area contributed by atoms with E-state index in [4.69, 9.17) is 22.3 Å². The lowest BCUT2D eigenvalue weighted by Crippen LogP contribution is -2.31. The molecule has 9 heteroatoms. The Kier molecular flexibility index (Phi) is 5.55. The Morgan fingerprint density at radius 1 is 1.37 bits per heavy atom. The van der Waals surface area contributed by atoms with Gasteiger partial charge in [0.05, 0.1) is 22.0 Å². The molecule has 8 nitrogen and oxygen atoms in total. The van der Waals surface area contributed by atoms with Crippen LogP contribution in [0.2, 0.25) is 5.02 Å². The maximum absolute atomic E-state index is 13.4. The molecule has 3 aromatic rings. The normalized spacial score (nSPS) is 15.2. The molecule has 2 heterocycles. The smallest absolute Gasteiger partial charge is 0.262 e. The van der Waals surface area contributed by atoms with Crippen molar-refractivity contribution in [1.82, 2.24) is 19.5 Å². The largest absolute Gasteiger partial charge is 0.382 e. The fourth-order valence-electron chi connectivity index (χ4n) is 4.09. The van der Waals surface area contributed by atoms with Gasteiger partial charge >= 0.3 is 0 Å². The number of nitrogens with two attached hydrogens (primary N) is 1. The highest BCUT2D eigenvalue weighted by Crippen LogP contribution is 2.29. The molecule has 1 atom stereocenters. The van der Waals surface area contributed by atoms with Crippen LogP contribution in [0.25, 0.3) is 10.9 Å². The van der Waals surface area contributed by atoms with E-state index in [1.807, 2.05) is 13.0 Å². The maximum Gasteiger partial charge on any atom is 0.262 e. The van der Waals surface area contributed by atoms with Gasteiger partial charge in [-0.2, -0.15) is 5.26 Å². The van der Waals surface area contributed by atoms with Gasteiger partial charge in [0.15, 0.2) is 0 Å². The third kappa shape index (κ3) is 3.68. The number of nitrogens with one attached hydrogen (secondary N) is 1. The molecule has 0 amide bonds. The number of nitriles is 1. The zero-order valence-electron chi connectivity index (χ0n) is 16.6. The van der Waals surface area contributed by atoms with Gasteiger partial charge in [-0.1, -0.05) is 30.5 Å². The lowest BCUT2D eigenvalue weighted by molar-refractivity contribution is 0.431. The zero-order chi connectivity index (χ0) is 21.3. The fraction of sp³-hybridized carbons (Fsp3) is 0.381. The van der Waals surface area contributed by atoms with Gasteiger partial charge in [0, 0.05) is 6.54 Å². The quantitative estimate of drug-likeness (QED) is 0.641. The molecule has 1 aromatic carbocycles. The minimum absolute atomic E-state index is 0.101. The molecule has 1 fully saturated rings. The second-order valence-corrected chi connectivity index (χ2v) is 8.04. The summed E-state index contributed by atoms with van der Waals surface area (Å²) in [4.78, 5) is 26.2. The van der Waals surface area contributed by atoms with Crippen molar-refractivity contribution in [2.45, 2.75) is 45.2 Å². The third-order valence-electron chi connectivity index (χ3n) is 5.61. The molecule has 1 aliphatic rings. The highest BCUT2D eigenvalue weighted by atomic mass is 35.5. The molecule has 3 N–H and O–H groups in total. The summed E-state index contributed by atoms with van der Waals surface area (Å²) in [6.45, 7) is 2.47. The van der Waals surface area contributed by atoms with Crippen molar-refractivity contribution in [1.29, 1.82) is 5.26 Å². The van der Waals surface area contributed by atoms with Gasteiger partial charge in [-0.25, -0.2) is 15.0 Å². The van der Waals surface area contributed by atoms with Crippen LogP contribution >= 0.6 is 11.6 Å². The Labute approximate surface area is 178 Å². The van der Waals surface area contributed by atoms with Gasteiger partial charge in [-0.15, -0.1) is 0 Å². The molecule has 1 aliphatic carbocycles. The summed E-state index contributed by atoms with van der Waals surface area (Å²) in [7, 11) is 0. The molecular formula is C21H22ClN7O. The third-order valence-corrected chi connectivity index (χ3v) is 5.92. The predicted octanol–water partition coefficient (Wildman–Crippen LogP) is 3.66. The number of hydrogen-bond acceptors (Lipinski definition) is 7. The number of hydrogen-bond donors (Lipinski definition) is 2. The molecule has 0 unspecified atom stereocenters. The van der Waals surface area contributed by atoms with E-state index in [2.05, 4.69) is 15.3 Å². The molecule has 1 saturated carbocycles. The number of benzene rings is 1. The molecule has 2 aromatic heterocycles. The first kappa shape index (κ1) is 20.1. The molecular weight excluding hydrogens is 402 g/mol. The summed E-state index contributed by atoms with van der Waals surface area (Å²) >= 11 is 6.33. The molecule has 0 radical (unpaired) electrons. The fourth-order valence-corrected chi connectivity index (χ4v) is 4.34. The van der Waals surface area contributed by atoms with E-state index in [1.54, 1.807) is 22.8 Å². The van der Waals surface area contributed by atoms with Gasteiger partial charge in [0.25, 0.3) is 5.56 Å². The minimum atomic E-state index is -0.399. The van der Waals surface area contributed by atoms with Crippen LogP contribution < -0.4 is 16.6 Å². The van der Waals surface area contributed by atoms with E-state index in [0.717, 1.165) is 12.8 Å². The first-order valence-corrected chi connectivity index (χ1v) is 10.3. The van der Waals surface area contributed by atoms with E-state index in [9.17, 15) is 10.1 Å². The van der Waals surface area contributed by atoms with Crippen LogP contribution in [0, 0.1) is 17.2 Å². The van der Waals surface area contributed by atoms with Gasteiger partial charge in [-0.05, 0) is 37.8 Å². The Hall–Kier alpha value is -3.18. The SMILES string of the molecule is C[C@H](Nc1ncnc(N)c1C#N)c1nc2cccc(Cl)c2c(=O)n1CC1CCCC1. The molecule has 0 bridgehead atoms. The summed E-state index contributed by atoms with van der Waals surface area (Å²) in [6.07, 6.45) is 5.83. The first-order chi connectivity index (χ1) is 14.5. The lowest BCUT2D eigenvalue weighted by atomic mass is 10.1. The number of fused-ring (bicyclic) bond motifs is 1. The Bertz CT molecular complexity index is 1190. The Balaban J connectivity index is 1.81. The van der Waals surface area contributed by atoms with Gasteiger partial charge in [-0.3, -0.25) is 9.36 Å². The molecule has 0 saturated heterocycles. The van der Waals surface area contributed by atoms with E-state index in [0.29, 0.717) is 40.0 Å². The number of halogens is 1. The lowest BCUT2D eigenvalue weighted by Gasteiger charge is -2.22. The zero-order valence-corrected chi connectivity index (χ0v) is 17.4. The van der Waals surface area contributed by atoms with Crippen molar-refractivity contribution in [3.05, 3.63) is 51.3 Å². The van der Waals surface area contributed by atoms with Crippen molar-refractivity contribution in [2.75, 3.05) is 11.1 Å². The minimum Gasteiger partial charge on any atom is -0.382 e. The van der Waals surface area contributed by atoms with Gasteiger partial charge in [0.2, 0.25) is 0 Å². The number of rotatable bonds is 5. The topological polar surface area (TPSA) is 123 Å². The van der Waals surface area contributed by atoms with Gasteiger partial charge < -0.3 is 11.1 Å². The standard InChI is InChI=1S/C21H22ClN7O/c1-12(27-19-14(9-23)18(24)25-11-26-19)20-28-16-8-4-7-15(22)17(16)21(30)29(20)10-13-5-2-3-6-13/h4,7-8,11-13H,2-3,5-6,10H2,1H3,(H3,24,25,26,27)/t12-/m0/s1. The molecule has 0 spiro atoms. The van der Waals surface area contributed by atoms with Crippen LogP contribution in [0.3, 0.4) is 0 Å². The number of nitrogens with zero attached hydrogens (tertiary/aromatic N) is 5. The van der Waals surface area contributed by atoms with Crippen molar-refractivity contribution in [3.8, 4) is 6.07 Å². The van der Waals surface area contributed by atoms with Gasteiger partial charge in [0.1, 0.15) is 35.4 Å². The summed E-state index contributed by atoms with van der Waals surface area (Å²) < 4.78 is 1.72. The molecule has 30 heavy (non-hydrogen) atoms. The number of aromatic nitrogens is 4. The van der Waals surface area contributed by atoms with Crippen LogP contribution in [0.1, 0.15) is 50.0 Å². The molecule has 4 rings (SSSR count). The van der Waals surface area contributed by atoms with Crippen LogP contribution in [0.5, 0.6) is 0 Å². The molecule has 0 aliphatic heterocycles. The van der Waals surface area contributed by atoms with E-state index in [-0.39, 0.29) is 16.9 Å². The number of anilines is 2. The molecule has 154 valence electrons. The first-order valence-electron chi connectivity index (χ1n) is 9.95. The van der Waals surface area contributed by atoms with Crippen LogP contribution in [-0.2, 0) is 6.54 Å². The summed E-state index contributed by atoms with van der Waals surface area (Å²) in [5.41, 5.74) is 6.36. The summed E-state index contributed by atoms with van der Waals surface area (Å²) in [5, 5.41) is 13.4. The highest BCUT2D eigenvalue weighted by molar-refractivity contribution is 6.35. The van der Waals surface area contributed by atoms with Crippen molar-refractivity contribution >= 4 is 34.1 Å². The van der Waals surface area contributed by atoms with Crippen molar-refractivity contribution in [3.63, 3.8) is 0 Å². The summed E-state index contributed by atoms with van der Waals surface area (Å²) in [5.74, 6) is 1.41. The second-order valence-electron chi connectivity index (χ2n) is 7.63. The number of nitrogen functional groups attached to an aromatic ring is 1. The maximum atomic E-state index is 13.4. The van der Waals surface area contributed by atoms with E-state index < -0.39 is 6.04 Å². The predicted molar refractivity (Wildman–Crippen MR) is 116 cm³/mol. The Morgan fingerprint density at radius 2 is 2.13 bits per heavy atom. The van der Waals surface area contributed by atoms with Crippen LogP contribution in [0.4, 0.5) is 11.6 Å². The van der Waals surface area contributed by atoms with Crippen LogP contribution in [0.15, 0.2) is 29.3 Å². The average molecular weight is 424 g/mol. The Morgan fingerprint density at radius 3 is 2.87 bits per heavy atom. The van der Waals surface area contributed by atoms with Crippen molar-refractivity contribution in [2.24, 2.45) is 5.92 Å². The summed E-state index contributed by atoms with van der Waals surface area (Å²) in [6, 6.07) is 6.89. The van der Waals surface area contributed by atoms with E-state index in [1.165, 1.54) is 19.2 Å². The average Bonchev–Trinajstić information content (AvgIpc) is 3.23. The monoisotopic (exact) mass is 423 g/mol. The van der Waals surface area contributed by atoms with Crippen molar-refractivity contribution < 1.29 is 0 Å².